The summed E-state index contributed by atoms with van der Waals surface area (Å²) in [6.45, 7) is 2.65. The molecule has 0 spiro atoms. The zero-order valence-corrected chi connectivity index (χ0v) is 11.2. The van der Waals surface area contributed by atoms with Crippen LogP contribution in [0, 0.1) is 17.2 Å². The SMILES string of the molecule is CC1CCC(O)(C2(C#N)CCOc3ccccc32)C1. The second-order valence-corrected chi connectivity index (χ2v) is 5.99. The summed E-state index contributed by atoms with van der Waals surface area (Å²) in [5.74, 6) is 1.23. The smallest absolute Gasteiger partial charge is 0.124 e. The molecule has 19 heavy (non-hydrogen) atoms. The highest BCUT2D eigenvalue weighted by molar-refractivity contribution is 5.48. The number of hydrogen-bond acceptors (Lipinski definition) is 3. The third-order valence-electron chi connectivity index (χ3n) is 4.80. The summed E-state index contributed by atoms with van der Waals surface area (Å²) in [7, 11) is 0. The maximum absolute atomic E-state index is 11.1. The Balaban J connectivity index is 2.14. The Labute approximate surface area is 113 Å². The molecule has 1 aromatic rings. The van der Waals surface area contributed by atoms with Crippen LogP contribution in [0.1, 0.15) is 38.2 Å². The predicted molar refractivity (Wildman–Crippen MR) is 71.8 cm³/mol. The van der Waals surface area contributed by atoms with E-state index in [2.05, 4.69) is 13.0 Å². The van der Waals surface area contributed by atoms with Gasteiger partial charge in [-0.3, -0.25) is 0 Å². The van der Waals surface area contributed by atoms with Crippen molar-refractivity contribution in [1.82, 2.24) is 0 Å². The Morgan fingerprint density at radius 3 is 2.84 bits per heavy atom. The molecule has 1 aliphatic carbocycles. The van der Waals surface area contributed by atoms with Gasteiger partial charge in [0, 0.05) is 12.0 Å². The number of fused-ring (bicyclic) bond motifs is 1. The van der Waals surface area contributed by atoms with Gasteiger partial charge in [-0.25, -0.2) is 0 Å². The van der Waals surface area contributed by atoms with Crippen molar-refractivity contribution in [3.05, 3.63) is 29.8 Å². The lowest BCUT2D eigenvalue weighted by Crippen LogP contribution is -2.51. The highest BCUT2D eigenvalue weighted by Gasteiger charge is 2.56. The van der Waals surface area contributed by atoms with Crippen molar-refractivity contribution < 1.29 is 9.84 Å². The largest absolute Gasteiger partial charge is 0.493 e. The van der Waals surface area contributed by atoms with E-state index in [4.69, 9.17) is 4.74 Å². The average molecular weight is 257 g/mol. The van der Waals surface area contributed by atoms with Crippen molar-refractivity contribution in [2.75, 3.05) is 6.61 Å². The lowest BCUT2D eigenvalue weighted by molar-refractivity contribution is -0.0286. The molecule has 1 heterocycles. The summed E-state index contributed by atoms with van der Waals surface area (Å²) in [6.07, 6.45) is 2.97. The van der Waals surface area contributed by atoms with Gasteiger partial charge in [0.2, 0.25) is 0 Å². The number of hydrogen-bond donors (Lipinski definition) is 1. The quantitative estimate of drug-likeness (QED) is 0.841. The minimum Gasteiger partial charge on any atom is -0.493 e. The number of para-hydroxylation sites is 1. The van der Waals surface area contributed by atoms with Crippen LogP contribution in [0.3, 0.4) is 0 Å². The second-order valence-electron chi connectivity index (χ2n) is 5.99. The summed E-state index contributed by atoms with van der Waals surface area (Å²) in [4.78, 5) is 0. The molecule has 3 heteroatoms. The van der Waals surface area contributed by atoms with E-state index in [0.717, 1.165) is 17.7 Å². The monoisotopic (exact) mass is 257 g/mol. The van der Waals surface area contributed by atoms with Crippen molar-refractivity contribution in [2.45, 2.75) is 43.6 Å². The first-order valence-corrected chi connectivity index (χ1v) is 6.97. The van der Waals surface area contributed by atoms with E-state index in [1.54, 1.807) is 0 Å². The van der Waals surface area contributed by atoms with Gasteiger partial charge in [-0.05, 0) is 31.2 Å². The third kappa shape index (κ3) is 1.67. The van der Waals surface area contributed by atoms with Gasteiger partial charge in [0.1, 0.15) is 11.2 Å². The number of nitriles is 1. The molecule has 1 fully saturated rings. The maximum atomic E-state index is 11.1. The third-order valence-corrected chi connectivity index (χ3v) is 4.80. The van der Waals surface area contributed by atoms with Crippen LogP contribution in [-0.2, 0) is 5.41 Å². The molecule has 2 aliphatic rings. The molecule has 1 aromatic carbocycles. The zero-order valence-electron chi connectivity index (χ0n) is 11.2. The highest BCUT2D eigenvalue weighted by atomic mass is 16.5. The summed E-state index contributed by atoms with van der Waals surface area (Å²) in [6, 6.07) is 10.1. The fourth-order valence-electron chi connectivity index (χ4n) is 3.75. The number of rotatable bonds is 1. The predicted octanol–water partition coefficient (Wildman–Crippen LogP) is 2.78. The molecule has 0 saturated heterocycles. The van der Waals surface area contributed by atoms with Crippen LogP contribution in [0.5, 0.6) is 5.75 Å². The summed E-state index contributed by atoms with van der Waals surface area (Å²) in [5.41, 5.74) is -0.867. The van der Waals surface area contributed by atoms with Crippen molar-refractivity contribution in [2.24, 2.45) is 5.92 Å². The number of nitrogens with zero attached hydrogens (tertiary/aromatic N) is 1. The molecule has 3 atom stereocenters. The fourth-order valence-corrected chi connectivity index (χ4v) is 3.75. The molecule has 1 aliphatic heterocycles. The Bertz CT molecular complexity index is 536. The normalized spacial score (nSPS) is 37.2. The Morgan fingerprint density at radius 2 is 2.16 bits per heavy atom. The van der Waals surface area contributed by atoms with Crippen LogP contribution in [0.25, 0.3) is 0 Å². The van der Waals surface area contributed by atoms with Gasteiger partial charge in [0.15, 0.2) is 0 Å². The summed E-state index contributed by atoms with van der Waals surface area (Å²) in [5, 5.41) is 20.9. The molecule has 1 saturated carbocycles. The van der Waals surface area contributed by atoms with E-state index < -0.39 is 11.0 Å². The van der Waals surface area contributed by atoms with Gasteiger partial charge in [-0.1, -0.05) is 25.1 Å². The molecule has 3 nitrogen and oxygen atoms in total. The minimum atomic E-state index is -0.916. The van der Waals surface area contributed by atoms with Gasteiger partial charge in [0.05, 0.1) is 18.3 Å². The standard InChI is InChI=1S/C16H19NO2/c1-12-6-7-16(18,10-12)15(11-17)8-9-19-14-5-3-2-4-13(14)15/h2-5,12,18H,6-10H2,1H3. The Hall–Kier alpha value is -1.53. The van der Waals surface area contributed by atoms with Gasteiger partial charge in [-0.15, -0.1) is 0 Å². The van der Waals surface area contributed by atoms with E-state index in [9.17, 15) is 10.4 Å². The summed E-state index contributed by atoms with van der Waals surface area (Å²) >= 11 is 0. The number of benzene rings is 1. The van der Waals surface area contributed by atoms with Gasteiger partial charge in [0.25, 0.3) is 0 Å². The number of ether oxygens (including phenoxy) is 1. The Morgan fingerprint density at radius 1 is 1.37 bits per heavy atom. The lowest BCUT2D eigenvalue weighted by Gasteiger charge is -2.43. The number of aliphatic hydroxyl groups is 1. The Kier molecular flexibility index (Phi) is 2.79. The molecule has 100 valence electrons. The van der Waals surface area contributed by atoms with E-state index in [1.165, 1.54) is 0 Å². The zero-order chi connectivity index (χ0) is 13.5. The highest BCUT2D eigenvalue weighted by Crippen LogP contribution is 2.52. The molecule has 0 amide bonds. The topological polar surface area (TPSA) is 53.2 Å². The summed E-state index contributed by atoms with van der Waals surface area (Å²) < 4.78 is 5.65. The first kappa shape index (κ1) is 12.5. The molecule has 0 bridgehead atoms. The van der Waals surface area contributed by atoms with Crippen molar-refractivity contribution in [3.8, 4) is 11.8 Å². The first-order valence-electron chi connectivity index (χ1n) is 6.97. The van der Waals surface area contributed by atoms with Gasteiger partial charge >= 0.3 is 0 Å². The van der Waals surface area contributed by atoms with Crippen LogP contribution >= 0.6 is 0 Å². The molecule has 3 rings (SSSR count). The molecule has 1 N–H and O–H groups in total. The van der Waals surface area contributed by atoms with Crippen molar-refractivity contribution in [3.63, 3.8) is 0 Å². The maximum Gasteiger partial charge on any atom is 0.124 e. The molecule has 0 aromatic heterocycles. The van der Waals surface area contributed by atoms with Crippen LogP contribution in [0.15, 0.2) is 24.3 Å². The lowest BCUT2D eigenvalue weighted by atomic mass is 9.64. The van der Waals surface area contributed by atoms with Gasteiger partial charge in [-0.2, -0.15) is 5.26 Å². The van der Waals surface area contributed by atoms with Crippen molar-refractivity contribution >= 4 is 0 Å². The van der Waals surface area contributed by atoms with E-state index in [-0.39, 0.29) is 0 Å². The fraction of sp³-hybridized carbons (Fsp3) is 0.562. The molecular weight excluding hydrogens is 238 g/mol. The van der Waals surface area contributed by atoms with Crippen LogP contribution < -0.4 is 4.74 Å². The van der Waals surface area contributed by atoms with Gasteiger partial charge < -0.3 is 9.84 Å². The van der Waals surface area contributed by atoms with Crippen LogP contribution in [0.2, 0.25) is 0 Å². The second kappa shape index (κ2) is 4.25. The van der Waals surface area contributed by atoms with Crippen LogP contribution in [0.4, 0.5) is 0 Å². The van der Waals surface area contributed by atoms with E-state index in [1.807, 2.05) is 24.3 Å². The average Bonchev–Trinajstić information content (AvgIpc) is 2.79. The van der Waals surface area contributed by atoms with Crippen molar-refractivity contribution in [1.29, 1.82) is 5.26 Å². The molecule has 3 unspecified atom stereocenters. The van der Waals surface area contributed by atoms with Crippen LogP contribution in [-0.4, -0.2) is 17.3 Å². The molecule has 0 radical (unpaired) electrons. The van der Waals surface area contributed by atoms with E-state index >= 15 is 0 Å². The molecular formula is C16H19NO2. The minimum absolute atomic E-state index is 0.477. The first-order chi connectivity index (χ1) is 9.11. The van der Waals surface area contributed by atoms with E-state index in [0.29, 0.717) is 31.8 Å².